The first kappa shape index (κ1) is 16.3. The van der Waals surface area contributed by atoms with Gasteiger partial charge in [-0.05, 0) is 30.9 Å². The number of benzene rings is 1. The van der Waals surface area contributed by atoms with Gasteiger partial charge in [0.2, 0.25) is 0 Å². The van der Waals surface area contributed by atoms with Crippen molar-refractivity contribution in [2.24, 2.45) is 5.92 Å². The van der Waals surface area contributed by atoms with E-state index in [1.807, 2.05) is 12.1 Å². The molecule has 1 aromatic rings. The normalized spacial score (nSPS) is 27.0. The zero-order chi connectivity index (χ0) is 16.1. The molecule has 0 N–H and O–H groups in total. The molecule has 0 atom stereocenters. The molecule has 1 saturated heterocycles. The number of nitrogens with zero attached hydrogens (tertiary/aromatic N) is 3. The summed E-state index contributed by atoms with van der Waals surface area (Å²) < 4.78 is 0. The third-order valence-electron chi connectivity index (χ3n) is 5.64. The van der Waals surface area contributed by atoms with Gasteiger partial charge in [0.25, 0.3) is 0 Å². The number of rotatable bonds is 2. The Labute approximate surface area is 141 Å². The van der Waals surface area contributed by atoms with E-state index in [1.54, 1.807) is 0 Å². The quantitative estimate of drug-likeness (QED) is 0.732. The highest BCUT2D eigenvalue weighted by atomic mass is 15.3. The van der Waals surface area contributed by atoms with Crippen LogP contribution in [0.2, 0.25) is 0 Å². The minimum atomic E-state index is 0.733. The molecule has 2 aliphatic rings. The van der Waals surface area contributed by atoms with E-state index >= 15 is 0 Å². The van der Waals surface area contributed by atoms with E-state index in [2.05, 4.69) is 33.7 Å². The van der Waals surface area contributed by atoms with Crippen LogP contribution in [0, 0.1) is 12.5 Å². The average molecular weight is 311 g/mol. The molecule has 1 aromatic carbocycles. The summed E-state index contributed by atoms with van der Waals surface area (Å²) in [4.78, 5) is 8.68. The Hall–Kier alpha value is -1.53. The fraction of sp³-hybridized carbons (Fsp3) is 0.650. The van der Waals surface area contributed by atoms with Crippen LogP contribution in [0.15, 0.2) is 24.3 Å². The first-order valence-electron chi connectivity index (χ1n) is 9.23. The standard InChI is InChI=1S/C20H29N3/c1-17-5-3-7-19(8-4-6-17)22-13-15-23(16-14-22)20-11-9-18(21-2)10-12-20/h9-12,17,19H,3-8,13-16H2,1H3. The SMILES string of the molecule is [C-]#[N+]c1ccc(N2CCN(C3CCCC(C)CCC3)CC2)cc1. The first-order chi connectivity index (χ1) is 11.3. The van der Waals surface area contributed by atoms with E-state index in [-0.39, 0.29) is 0 Å². The van der Waals surface area contributed by atoms with E-state index in [4.69, 9.17) is 6.57 Å². The average Bonchev–Trinajstić information content (AvgIpc) is 2.58. The van der Waals surface area contributed by atoms with E-state index in [0.29, 0.717) is 0 Å². The summed E-state index contributed by atoms with van der Waals surface area (Å²) in [5.41, 5.74) is 2.00. The minimum Gasteiger partial charge on any atom is -0.369 e. The van der Waals surface area contributed by atoms with Gasteiger partial charge in [0.15, 0.2) is 5.69 Å². The van der Waals surface area contributed by atoms with E-state index in [9.17, 15) is 0 Å². The maximum atomic E-state index is 7.05. The monoisotopic (exact) mass is 311 g/mol. The van der Waals surface area contributed by atoms with Crippen LogP contribution in [-0.4, -0.2) is 37.1 Å². The van der Waals surface area contributed by atoms with Crippen molar-refractivity contribution in [3.05, 3.63) is 35.7 Å². The van der Waals surface area contributed by atoms with Gasteiger partial charge in [0, 0.05) is 37.9 Å². The van der Waals surface area contributed by atoms with Gasteiger partial charge < -0.3 is 4.90 Å². The van der Waals surface area contributed by atoms with Crippen molar-refractivity contribution >= 4 is 11.4 Å². The lowest BCUT2D eigenvalue weighted by Gasteiger charge is -2.41. The second-order valence-corrected chi connectivity index (χ2v) is 7.27. The van der Waals surface area contributed by atoms with Gasteiger partial charge in [-0.25, -0.2) is 4.85 Å². The maximum Gasteiger partial charge on any atom is 0.187 e. The topological polar surface area (TPSA) is 10.8 Å². The van der Waals surface area contributed by atoms with Gasteiger partial charge in [-0.2, -0.15) is 0 Å². The maximum absolute atomic E-state index is 7.05. The summed E-state index contributed by atoms with van der Waals surface area (Å²) in [6, 6.07) is 8.88. The molecule has 0 bridgehead atoms. The van der Waals surface area contributed by atoms with Gasteiger partial charge in [0.1, 0.15) is 0 Å². The summed E-state index contributed by atoms with van der Waals surface area (Å²) in [5.74, 6) is 0.936. The second-order valence-electron chi connectivity index (χ2n) is 7.27. The molecule has 2 fully saturated rings. The summed E-state index contributed by atoms with van der Waals surface area (Å²) in [5, 5.41) is 0. The van der Waals surface area contributed by atoms with Crippen molar-refractivity contribution in [3.63, 3.8) is 0 Å². The van der Waals surface area contributed by atoms with Crippen LogP contribution < -0.4 is 4.90 Å². The molecule has 3 heteroatoms. The van der Waals surface area contributed by atoms with Gasteiger partial charge >= 0.3 is 0 Å². The Morgan fingerprint density at radius 2 is 1.52 bits per heavy atom. The molecule has 0 unspecified atom stereocenters. The number of hydrogen-bond donors (Lipinski definition) is 0. The third kappa shape index (κ3) is 4.26. The Kier molecular flexibility index (Phi) is 5.56. The molecule has 0 spiro atoms. The number of anilines is 1. The highest BCUT2D eigenvalue weighted by molar-refractivity contribution is 5.55. The fourth-order valence-electron chi connectivity index (χ4n) is 4.14. The van der Waals surface area contributed by atoms with Crippen LogP contribution in [0.4, 0.5) is 11.4 Å². The Balaban J connectivity index is 1.52. The summed E-state index contributed by atoms with van der Waals surface area (Å²) >= 11 is 0. The predicted octanol–water partition coefficient (Wildman–Crippen LogP) is 4.72. The highest BCUT2D eigenvalue weighted by Crippen LogP contribution is 2.27. The van der Waals surface area contributed by atoms with Crippen LogP contribution in [0.25, 0.3) is 4.85 Å². The van der Waals surface area contributed by atoms with E-state index < -0.39 is 0 Å². The molecule has 3 rings (SSSR count). The smallest absolute Gasteiger partial charge is 0.187 e. The van der Waals surface area contributed by atoms with Crippen LogP contribution in [0.3, 0.4) is 0 Å². The van der Waals surface area contributed by atoms with E-state index in [1.165, 1.54) is 57.3 Å². The Morgan fingerprint density at radius 1 is 0.913 bits per heavy atom. The van der Waals surface area contributed by atoms with Crippen LogP contribution in [-0.2, 0) is 0 Å². The Morgan fingerprint density at radius 3 is 2.09 bits per heavy atom. The van der Waals surface area contributed by atoms with Crippen molar-refractivity contribution in [1.29, 1.82) is 0 Å². The molecule has 3 nitrogen and oxygen atoms in total. The molecular weight excluding hydrogens is 282 g/mol. The highest BCUT2D eigenvalue weighted by Gasteiger charge is 2.24. The molecule has 1 aliphatic carbocycles. The van der Waals surface area contributed by atoms with Crippen LogP contribution >= 0.6 is 0 Å². The van der Waals surface area contributed by atoms with Crippen LogP contribution in [0.5, 0.6) is 0 Å². The largest absolute Gasteiger partial charge is 0.369 e. The molecule has 1 saturated carbocycles. The minimum absolute atomic E-state index is 0.733. The summed E-state index contributed by atoms with van der Waals surface area (Å²) in [6.45, 7) is 14.1. The Bertz CT molecular complexity index is 513. The molecule has 1 heterocycles. The summed E-state index contributed by atoms with van der Waals surface area (Å²) in [6.07, 6.45) is 8.44. The fourth-order valence-corrected chi connectivity index (χ4v) is 4.14. The van der Waals surface area contributed by atoms with E-state index in [0.717, 1.165) is 30.7 Å². The predicted molar refractivity (Wildman–Crippen MR) is 97.1 cm³/mol. The van der Waals surface area contributed by atoms with Gasteiger partial charge in [-0.15, -0.1) is 0 Å². The molecular formula is C20H29N3. The number of piperazine rings is 1. The van der Waals surface area contributed by atoms with Crippen molar-refractivity contribution < 1.29 is 0 Å². The first-order valence-corrected chi connectivity index (χ1v) is 9.23. The lowest BCUT2D eigenvalue weighted by atomic mass is 9.89. The van der Waals surface area contributed by atoms with Crippen molar-refractivity contribution in [1.82, 2.24) is 4.90 Å². The zero-order valence-electron chi connectivity index (χ0n) is 14.4. The van der Waals surface area contributed by atoms with Crippen molar-refractivity contribution in [3.8, 4) is 0 Å². The summed E-state index contributed by atoms with van der Waals surface area (Å²) in [7, 11) is 0. The molecule has 0 aromatic heterocycles. The number of hydrogen-bond acceptors (Lipinski definition) is 2. The molecule has 0 amide bonds. The van der Waals surface area contributed by atoms with Crippen molar-refractivity contribution in [2.75, 3.05) is 31.1 Å². The van der Waals surface area contributed by atoms with Crippen molar-refractivity contribution in [2.45, 2.75) is 51.5 Å². The molecule has 124 valence electrons. The molecule has 0 radical (unpaired) electrons. The van der Waals surface area contributed by atoms with Gasteiger partial charge in [-0.3, -0.25) is 4.90 Å². The van der Waals surface area contributed by atoms with Crippen LogP contribution in [0.1, 0.15) is 45.4 Å². The zero-order valence-corrected chi connectivity index (χ0v) is 14.4. The van der Waals surface area contributed by atoms with Gasteiger partial charge in [0.05, 0.1) is 6.57 Å². The third-order valence-corrected chi connectivity index (χ3v) is 5.64. The second kappa shape index (κ2) is 7.84. The molecule has 23 heavy (non-hydrogen) atoms. The van der Waals surface area contributed by atoms with Gasteiger partial charge in [-0.1, -0.05) is 44.7 Å². The molecule has 1 aliphatic heterocycles. The lowest BCUT2D eigenvalue weighted by Crippen LogP contribution is -2.50. The lowest BCUT2D eigenvalue weighted by molar-refractivity contribution is 0.151.